The average Bonchev–Trinajstić information content (AvgIpc) is 3.16. The predicted octanol–water partition coefficient (Wildman–Crippen LogP) is 11.5. The third-order valence-electron chi connectivity index (χ3n) is 10.9. The van der Waals surface area contributed by atoms with E-state index in [1.54, 1.807) is 48.5 Å². The molecule has 0 N–H and O–H groups in total. The molecule has 0 radical (unpaired) electrons. The van der Waals surface area contributed by atoms with Crippen LogP contribution in [0.5, 0.6) is 11.5 Å². The molecular weight excluding hydrogens is 721 g/mol. The lowest BCUT2D eigenvalue weighted by Crippen LogP contribution is -2.12. The van der Waals surface area contributed by atoms with Gasteiger partial charge in [0.05, 0.1) is 11.1 Å². The van der Waals surface area contributed by atoms with Gasteiger partial charge in [-0.15, -0.1) is 0 Å². The number of Topliss-reactive ketones (excluding diaryl/α,β-unsaturated/α-hetero) is 1. The summed E-state index contributed by atoms with van der Waals surface area (Å²) in [5, 5.41) is 0. The summed E-state index contributed by atoms with van der Waals surface area (Å²) in [7, 11) is 0. The zero-order valence-corrected chi connectivity index (χ0v) is 35.1. The lowest BCUT2D eigenvalue weighted by Gasteiger charge is -2.15. The van der Waals surface area contributed by atoms with Crippen LogP contribution < -0.4 is 9.47 Å². The van der Waals surface area contributed by atoms with Gasteiger partial charge < -0.3 is 9.47 Å². The molecule has 0 atom stereocenters. The number of ketones is 2. The summed E-state index contributed by atoms with van der Waals surface area (Å²) in [5.41, 5.74) is 15.8. The van der Waals surface area contributed by atoms with E-state index in [1.807, 2.05) is 65.8 Å². The van der Waals surface area contributed by atoms with Crippen molar-refractivity contribution in [1.29, 1.82) is 0 Å². The second kappa shape index (κ2) is 17.0. The van der Waals surface area contributed by atoms with E-state index in [4.69, 9.17) is 9.47 Å². The average molecular weight is 771 g/mol. The van der Waals surface area contributed by atoms with E-state index in [-0.39, 0.29) is 11.6 Å². The highest BCUT2D eigenvalue weighted by molar-refractivity contribution is 6.11. The highest BCUT2D eigenvalue weighted by atomic mass is 16.5. The molecule has 0 unspecified atom stereocenters. The third kappa shape index (κ3) is 9.08. The first kappa shape index (κ1) is 41.2. The van der Waals surface area contributed by atoms with Crippen LogP contribution in [0.2, 0.25) is 0 Å². The lowest BCUT2D eigenvalue weighted by atomic mass is 9.90. The third-order valence-corrected chi connectivity index (χ3v) is 10.9. The minimum absolute atomic E-state index is 0.116. The molecule has 0 aliphatic rings. The Morgan fingerprint density at radius 2 is 0.776 bits per heavy atom. The van der Waals surface area contributed by atoms with Crippen LogP contribution in [0.1, 0.15) is 126 Å². The van der Waals surface area contributed by atoms with Crippen LogP contribution in [0, 0.1) is 62.3 Å². The lowest BCUT2D eigenvalue weighted by molar-refractivity contribution is 0.0723. The van der Waals surface area contributed by atoms with Crippen LogP contribution in [0.25, 0.3) is 0 Å². The summed E-state index contributed by atoms with van der Waals surface area (Å²) in [6.07, 6.45) is 1.42. The molecule has 6 aromatic rings. The van der Waals surface area contributed by atoms with Crippen molar-refractivity contribution < 1.29 is 28.7 Å². The van der Waals surface area contributed by atoms with E-state index in [1.165, 1.54) is 29.2 Å². The predicted molar refractivity (Wildman–Crippen MR) is 230 cm³/mol. The van der Waals surface area contributed by atoms with Crippen LogP contribution in [-0.2, 0) is 12.8 Å². The maximum atomic E-state index is 13.8. The molecular formula is C52H50O6. The normalized spacial score (nSPS) is 11.0. The number of ether oxygens (including phenoxy) is 2. The molecule has 58 heavy (non-hydrogen) atoms. The molecule has 6 heteroatoms. The fourth-order valence-electron chi connectivity index (χ4n) is 7.89. The number of rotatable bonds is 11. The van der Waals surface area contributed by atoms with Crippen LogP contribution in [0.4, 0.5) is 0 Å². The van der Waals surface area contributed by atoms with Crippen LogP contribution in [-0.4, -0.2) is 23.5 Å². The molecule has 6 aromatic carbocycles. The molecule has 0 amide bonds. The Morgan fingerprint density at radius 3 is 1.21 bits per heavy atom. The van der Waals surface area contributed by atoms with Crippen molar-refractivity contribution in [2.45, 2.75) is 82.1 Å². The zero-order valence-electron chi connectivity index (χ0n) is 35.1. The van der Waals surface area contributed by atoms with Gasteiger partial charge >= 0.3 is 11.9 Å². The highest BCUT2D eigenvalue weighted by Gasteiger charge is 2.20. The first-order chi connectivity index (χ1) is 27.5. The molecule has 0 aliphatic carbocycles. The highest BCUT2D eigenvalue weighted by Crippen LogP contribution is 2.30. The second-order valence-electron chi connectivity index (χ2n) is 15.8. The maximum Gasteiger partial charge on any atom is 0.343 e. The van der Waals surface area contributed by atoms with Gasteiger partial charge in [0.15, 0.2) is 11.6 Å². The number of esters is 2. The standard InChI is InChI=1S/C52H50O6/c1-29-18-39(19-30(2)37(29)9)26-41-22-33(5)49(34(6)23-41)57-51(55)44-16-14-43(15-17-44)48(54)47-31(3)20-40(21-32(47)4)27-42-24-35(7)50(36(8)25-42)58-52(56)46-13-11-12-45(28-46)38(10)53/h11-25,28H,26-27H2,1-10H3. The summed E-state index contributed by atoms with van der Waals surface area (Å²) in [4.78, 5) is 51.9. The maximum absolute atomic E-state index is 13.8. The van der Waals surface area contributed by atoms with Crippen molar-refractivity contribution in [3.63, 3.8) is 0 Å². The summed E-state index contributed by atoms with van der Waals surface area (Å²) in [5.74, 6) is -0.188. The summed E-state index contributed by atoms with van der Waals surface area (Å²) in [6, 6.07) is 29.9. The molecule has 0 saturated carbocycles. The van der Waals surface area contributed by atoms with E-state index in [2.05, 4.69) is 45.0 Å². The van der Waals surface area contributed by atoms with Gasteiger partial charge in [0.1, 0.15) is 11.5 Å². The number of hydrogen-bond donors (Lipinski definition) is 0. The van der Waals surface area contributed by atoms with Crippen molar-refractivity contribution in [2.24, 2.45) is 0 Å². The van der Waals surface area contributed by atoms with Gasteiger partial charge in [-0.1, -0.05) is 72.8 Å². The van der Waals surface area contributed by atoms with E-state index in [0.29, 0.717) is 45.7 Å². The zero-order chi connectivity index (χ0) is 42.0. The Balaban J connectivity index is 1.11. The Labute approximate surface area is 341 Å². The quantitative estimate of drug-likeness (QED) is 0.0741. The Bertz CT molecular complexity index is 2530. The first-order valence-corrected chi connectivity index (χ1v) is 19.6. The number of carbonyl (C=O) groups excluding carboxylic acids is 4. The SMILES string of the molecule is CC(=O)c1cccc(C(=O)Oc2c(C)cc(Cc3cc(C)c(C(=O)c4ccc(C(=O)Oc5c(C)cc(Cc6cc(C)c(C)c(C)c6)cc5C)cc4)c(C)c3)cc2C)c1. The van der Waals surface area contributed by atoms with Crippen molar-refractivity contribution in [3.8, 4) is 11.5 Å². The number of hydrogen-bond acceptors (Lipinski definition) is 6. The van der Waals surface area contributed by atoms with E-state index < -0.39 is 11.9 Å². The smallest absolute Gasteiger partial charge is 0.343 e. The number of benzene rings is 6. The first-order valence-electron chi connectivity index (χ1n) is 19.6. The fraction of sp³-hybridized carbons (Fsp3) is 0.231. The van der Waals surface area contributed by atoms with Crippen molar-refractivity contribution >= 4 is 23.5 Å². The Hall–Kier alpha value is -6.40. The largest absolute Gasteiger partial charge is 0.422 e. The van der Waals surface area contributed by atoms with Crippen molar-refractivity contribution in [2.75, 3.05) is 0 Å². The Kier molecular flexibility index (Phi) is 12.1. The minimum Gasteiger partial charge on any atom is -0.422 e. The van der Waals surface area contributed by atoms with Gasteiger partial charge in [0.25, 0.3) is 0 Å². The Morgan fingerprint density at radius 1 is 0.414 bits per heavy atom. The van der Waals surface area contributed by atoms with Gasteiger partial charge in [-0.2, -0.15) is 0 Å². The summed E-state index contributed by atoms with van der Waals surface area (Å²) in [6.45, 7) is 19.5. The molecule has 0 heterocycles. The van der Waals surface area contributed by atoms with E-state index in [0.717, 1.165) is 56.5 Å². The molecule has 6 rings (SSSR count). The minimum atomic E-state index is -0.519. The van der Waals surface area contributed by atoms with Crippen LogP contribution in [0.15, 0.2) is 97.1 Å². The molecule has 0 spiro atoms. The summed E-state index contributed by atoms with van der Waals surface area (Å²) >= 11 is 0. The molecule has 0 aliphatic heterocycles. The molecule has 0 fully saturated rings. The van der Waals surface area contributed by atoms with Gasteiger partial charge in [0, 0.05) is 16.7 Å². The number of aryl methyl sites for hydroxylation is 8. The van der Waals surface area contributed by atoms with Gasteiger partial charge in [0.2, 0.25) is 0 Å². The van der Waals surface area contributed by atoms with Crippen molar-refractivity contribution in [3.05, 3.63) is 197 Å². The summed E-state index contributed by atoms with van der Waals surface area (Å²) < 4.78 is 11.7. The van der Waals surface area contributed by atoms with E-state index in [9.17, 15) is 19.2 Å². The van der Waals surface area contributed by atoms with Gasteiger partial charge in [-0.05, 0) is 179 Å². The molecule has 0 saturated heterocycles. The van der Waals surface area contributed by atoms with Crippen LogP contribution >= 0.6 is 0 Å². The monoisotopic (exact) mass is 770 g/mol. The molecule has 0 aromatic heterocycles. The van der Waals surface area contributed by atoms with E-state index >= 15 is 0 Å². The van der Waals surface area contributed by atoms with Crippen molar-refractivity contribution in [1.82, 2.24) is 0 Å². The van der Waals surface area contributed by atoms with Crippen LogP contribution in [0.3, 0.4) is 0 Å². The number of carbonyl (C=O) groups is 4. The molecule has 0 bridgehead atoms. The fourth-order valence-corrected chi connectivity index (χ4v) is 7.89. The van der Waals surface area contributed by atoms with Gasteiger partial charge in [-0.3, -0.25) is 9.59 Å². The van der Waals surface area contributed by atoms with Gasteiger partial charge in [-0.25, -0.2) is 9.59 Å². The second-order valence-corrected chi connectivity index (χ2v) is 15.8. The molecule has 294 valence electrons. The molecule has 6 nitrogen and oxygen atoms in total. The topological polar surface area (TPSA) is 86.7 Å².